The summed E-state index contributed by atoms with van der Waals surface area (Å²) in [6.07, 6.45) is 0. The second kappa shape index (κ2) is 5.42. The van der Waals surface area contributed by atoms with Gasteiger partial charge in [0.05, 0.1) is 0 Å². The zero-order valence-corrected chi connectivity index (χ0v) is 12.9. The summed E-state index contributed by atoms with van der Waals surface area (Å²) in [5.74, 6) is 0.656. The molecule has 0 radical (unpaired) electrons. The lowest BCUT2D eigenvalue weighted by atomic mass is 10.2. The third-order valence-corrected chi connectivity index (χ3v) is 3.98. The number of benzene rings is 1. The summed E-state index contributed by atoms with van der Waals surface area (Å²) < 4.78 is 1.62. The van der Waals surface area contributed by atoms with E-state index < -0.39 is 0 Å². The molecule has 0 spiro atoms. The number of aromatic nitrogens is 4. The zero-order chi connectivity index (χ0) is 15.0. The Hall–Kier alpha value is -1.99. The number of anilines is 1. The molecule has 0 fully saturated rings. The summed E-state index contributed by atoms with van der Waals surface area (Å²) in [6, 6.07) is 6.90. The minimum atomic E-state index is -0.275. The van der Waals surface area contributed by atoms with Crippen molar-refractivity contribution in [1.82, 2.24) is 19.8 Å². The van der Waals surface area contributed by atoms with Crippen LogP contribution in [0.25, 0.3) is 4.96 Å². The third-order valence-electron chi connectivity index (χ3n) is 2.83. The lowest BCUT2D eigenvalue weighted by Crippen LogP contribution is -2.12. The second-order valence-corrected chi connectivity index (χ2v) is 6.17. The average molecular weight is 322 g/mol. The van der Waals surface area contributed by atoms with Crippen LogP contribution in [-0.4, -0.2) is 25.7 Å². The van der Waals surface area contributed by atoms with E-state index in [-0.39, 0.29) is 11.8 Å². The summed E-state index contributed by atoms with van der Waals surface area (Å²) in [5, 5.41) is 16.1. The topological polar surface area (TPSA) is 72.2 Å². The van der Waals surface area contributed by atoms with E-state index >= 15 is 0 Å². The lowest BCUT2D eigenvalue weighted by molar-refractivity contribution is 0.102. The van der Waals surface area contributed by atoms with Gasteiger partial charge in [-0.2, -0.15) is 4.52 Å². The number of amides is 1. The quantitative estimate of drug-likeness (QED) is 0.804. The maximum Gasteiger partial charge on any atom is 0.286 e. The van der Waals surface area contributed by atoms with Crippen molar-refractivity contribution in [3.63, 3.8) is 0 Å². The number of nitrogens with one attached hydrogen (secondary N) is 1. The number of carbonyl (C=O) groups is 1. The summed E-state index contributed by atoms with van der Waals surface area (Å²) >= 11 is 7.02. The van der Waals surface area contributed by atoms with E-state index in [1.54, 1.807) is 28.8 Å². The Bertz CT molecular complexity index is 793. The van der Waals surface area contributed by atoms with E-state index in [2.05, 4.69) is 20.6 Å². The van der Waals surface area contributed by atoms with E-state index in [0.29, 0.717) is 20.7 Å². The first-order valence-corrected chi connectivity index (χ1v) is 7.53. The van der Waals surface area contributed by atoms with Gasteiger partial charge >= 0.3 is 0 Å². The zero-order valence-electron chi connectivity index (χ0n) is 11.4. The van der Waals surface area contributed by atoms with Crippen molar-refractivity contribution in [2.45, 2.75) is 19.8 Å². The van der Waals surface area contributed by atoms with Gasteiger partial charge in [-0.05, 0) is 24.3 Å². The summed E-state index contributed by atoms with van der Waals surface area (Å²) in [4.78, 5) is 12.8. The van der Waals surface area contributed by atoms with E-state index in [0.717, 1.165) is 5.82 Å². The molecule has 0 saturated heterocycles. The van der Waals surface area contributed by atoms with Crippen LogP contribution in [0.3, 0.4) is 0 Å². The molecule has 0 bridgehead atoms. The Kier molecular flexibility index (Phi) is 3.60. The monoisotopic (exact) mass is 321 g/mol. The van der Waals surface area contributed by atoms with Gasteiger partial charge in [0.15, 0.2) is 5.82 Å². The highest BCUT2D eigenvalue weighted by Gasteiger charge is 2.18. The van der Waals surface area contributed by atoms with Crippen molar-refractivity contribution in [1.29, 1.82) is 0 Å². The van der Waals surface area contributed by atoms with Gasteiger partial charge in [-0.25, -0.2) is 0 Å². The van der Waals surface area contributed by atoms with Crippen molar-refractivity contribution >= 4 is 39.5 Å². The minimum absolute atomic E-state index is 0.189. The van der Waals surface area contributed by atoms with Crippen molar-refractivity contribution in [3.8, 4) is 0 Å². The molecule has 0 aliphatic carbocycles. The first kappa shape index (κ1) is 14.0. The van der Waals surface area contributed by atoms with Crippen LogP contribution in [0.5, 0.6) is 0 Å². The fourth-order valence-corrected chi connectivity index (χ4v) is 2.67. The molecule has 21 heavy (non-hydrogen) atoms. The molecule has 0 aliphatic heterocycles. The second-order valence-electron chi connectivity index (χ2n) is 4.78. The van der Waals surface area contributed by atoms with Gasteiger partial charge in [0.25, 0.3) is 5.91 Å². The number of fused-ring (bicyclic) bond motifs is 1. The van der Waals surface area contributed by atoms with Crippen molar-refractivity contribution in [2.24, 2.45) is 0 Å². The fourth-order valence-electron chi connectivity index (χ4n) is 1.80. The standard InChI is InChI=1S/C13H12ClN5OS/c1-7(2)10-16-17-13-19(10)18-12(21-13)11(20)15-9-5-3-8(14)4-6-9/h3-7H,1-2H3,(H,15,20). The molecule has 0 unspecified atom stereocenters. The maximum absolute atomic E-state index is 12.2. The maximum atomic E-state index is 12.2. The van der Waals surface area contributed by atoms with Gasteiger partial charge in [-0.3, -0.25) is 4.79 Å². The average Bonchev–Trinajstić information content (AvgIpc) is 3.00. The summed E-state index contributed by atoms with van der Waals surface area (Å²) in [6.45, 7) is 4.01. The SMILES string of the molecule is CC(C)c1nnc2sc(C(=O)Nc3ccc(Cl)cc3)nn12. The number of carbonyl (C=O) groups excluding carboxylic acids is 1. The van der Waals surface area contributed by atoms with Crippen LogP contribution in [0.2, 0.25) is 5.02 Å². The van der Waals surface area contributed by atoms with Crippen molar-refractivity contribution in [3.05, 3.63) is 40.1 Å². The Balaban J connectivity index is 1.86. The molecule has 3 aromatic rings. The third kappa shape index (κ3) is 2.74. The Morgan fingerprint density at radius 1 is 1.29 bits per heavy atom. The van der Waals surface area contributed by atoms with Gasteiger partial charge in [0.1, 0.15) is 0 Å². The smallest absolute Gasteiger partial charge is 0.286 e. The van der Waals surface area contributed by atoms with Crippen LogP contribution in [-0.2, 0) is 0 Å². The highest BCUT2D eigenvalue weighted by Crippen LogP contribution is 2.20. The molecule has 1 N–H and O–H groups in total. The number of hydrogen-bond acceptors (Lipinski definition) is 5. The molecular weight excluding hydrogens is 310 g/mol. The highest BCUT2D eigenvalue weighted by molar-refractivity contribution is 7.18. The van der Waals surface area contributed by atoms with Gasteiger partial charge in [-0.15, -0.1) is 15.3 Å². The number of hydrogen-bond donors (Lipinski definition) is 1. The van der Waals surface area contributed by atoms with Gasteiger partial charge in [0.2, 0.25) is 9.97 Å². The Labute approximate surface area is 129 Å². The molecule has 1 amide bonds. The molecule has 3 rings (SSSR count). The van der Waals surface area contributed by atoms with Crippen LogP contribution in [0, 0.1) is 0 Å². The number of rotatable bonds is 3. The molecule has 2 aromatic heterocycles. The van der Waals surface area contributed by atoms with Gasteiger partial charge in [0, 0.05) is 16.6 Å². The molecule has 108 valence electrons. The Morgan fingerprint density at radius 3 is 2.67 bits per heavy atom. The molecule has 0 atom stereocenters. The summed E-state index contributed by atoms with van der Waals surface area (Å²) in [5.41, 5.74) is 0.666. The Morgan fingerprint density at radius 2 is 2.00 bits per heavy atom. The van der Waals surface area contributed by atoms with Crippen molar-refractivity contribution in [2.75, 3.05) is 5.32 Å². The largest absolute Gasteiger partial charge is 0.320 e. The molecule has 6 nitrogen and oxygen atoms in total. The normalized spacial score (nSPS) is 11.2. The predicted octanol–water partition coefficient (Wildman–Crippen LogP) is 3.21. The van der Waals surface area contributed by atoms with E-state index in [9.17, 15) is 4.79 Å². The molecule has 0 saturated carbocycles. The number of halogens is 1. The first-order valence-electron chi connectivity index (χ1n) is 6.33. The fraction of sp³-hybridized carbons (Fsp3) is 0.231. The highest BCUT2D eigenvalue weighted by atomic mass is 35.5. The molecule has 8 heteroatoms. The molecule has 1 aromatic carbocycles. The van der Waals surface area contributed by atoms with E-state index in [1.807, 2.05) is 13.8 Å². The van der Waals surface area contributed by atoms with Crippen LogP contribution in [0.15, 0.2) is 24.3 Å². The van der Waals surface area contributed by atoms with Crippen LogP contribution < -0.4 is 5.32 Å². The van der Waals surface area contributed by atoms with Crippen LogP contribution in [0.1, 0.15) is 35.4 Å². The number of nitrogens with zero attached hydrogens (tertiary/aromatic N) is 4. The molecule has 2 heterocycles. The molecular formula is C13H12ClN5OS. The minimum Gasteiger partial charge on any atom is -0.320 e. The first-order chi connectivity index (χ1) is 10.0. The lowest BCUT2D eigenvalue weighted by Gasteiger charge is -2.02. The van der Waals surface area contributed by atoms with Gasteiger partial charge in [-0.1, -0.05) is 36.8 Å². The van der Waals surface area contributed by atoms with E-state index in [1.165, 1.54) is 11.3 Å². The molecule has 0 aliphatic rings. The summed E-state index contributed by atoms with van der Waals surface area (Å²) in [7, 11) is 0. The van der Waals surface area contributed by atoms with Crippen LogP contribution >= 0.6 is 22.9 Å². The van der Waals surface area contributed by atoms with E-state index in [4.69, 9.17) is 11.6 Å². The van der Waals surface area contributed by atoms with Crippen LogP contribution in [0.4, 0.5) is 5.69 Å². The van der Waals surface area contributed by atoms with Gasteiger partial charge < -0.3 is 5.32 Å². The predicted molar refractivity (Wildman–Crippen MR) is 82.2 cm³/mol. The van der Waals surface area contributed by atoms with Crippen molar-refractivity contribution < 1.29 is 4.79 Å².